The van der Waals surface area contributed by atoms with Crippen LogP contribution in [0.25, 0.3) is 11.0 Å². The van der Waals surface area contributed by atoms with E-state index in [9.17, 15) is 9.59 Å². The fraction of sp³-hybridized carbons (Fsp3) is 0.462. The molecule has 7 nitrogen and oxygen atoms in total. The normalized spacial score (nSPS) is 14.7. The molecule has 1 aliphatic heterocycles. The topological polar surface area (TPSA) is 62.5 Å². The molecular formula is C26H35N5O2. The van der Waals surface area contributed by atoms with Crippen molar-refractivity contribution in [1.82, 2.24) is 19.4 Å². The Labute approximate surface area is 195 Å². The molecule has 0 aliphatic carbocycles. The van der Waals surface area contributed by atoms with Crippen molar-refractivity contribution in [1.29, 1.82) is 0 Å². The molecule has 1 saturated heterocycles. The zero-order valence-electron chi connectivity index (χ0n) is 19.8. The molecule has 176 valence electrons. The van der Waals surface area contributed by atoms with Crippen LogP contribution in [0.3, 0.4) is 0 Å². The summed E-state index contributed by atoms with van der Waals surface area (Å²) in [6.45, 7) is 11.0. The van der Waals surface area contributed by atoms with Gasteiger partial charge in [0.2, 0.25) is 5.91 Å². The van der Waals surface area contributed by atoms with E-state index in [1.165, 1.54) is 11.3 Å². The van der Waals surface area contributed by atoms with Crippen molar-refractivity contribution in [3.05, 3.63) is 64.6 Å². The molecule has 33 heavy (non-hydrogen) atoms. The average Bonchev–Trinajstić information content (AvgIpc) is 3.11. The lowest BCUT2D eigenvalue weighted by Gasteiger charge is -2.36. The van der Waals surface area contributed by atoms with Gasteiger partial charge in [0.1, 0.15) is 0 Å². The third-order valence-electron chi connectivity index (χ3n) is 6.52. The number of nitrogens with zero attached hydrogens (tertiary/aromatic N) is 4. The van der Waals surface area contributed by atoms with Gasteiger partial charge in [0, 0.05) is 57.9 Å². The minimum atomic E-state index is -0.0451. The number of carbonyl (C=O) groups excluding carboxylic acids is 1. The summed E-state index contributed by atoms with van der Waals surface area (Å²) in [7, 11) is 0. The molecule has 0 saturated carbocycles. The van der Waals surface area contributed by atoms with E-state index in [4.69, 9.17) is 0 Å². The summed E-state index contributed by atoms with van der Waals surface area (Å²) in [5.74, 6) is -0.000466. The third kappa shape index (κ3) is 5.47. The first kappa shape index (κ1) is 23.1. The van der Waals surface area contributed by atoms with Gasteiger partial charge >= 0.3 is 5.69 Å². The van der Waals surface area contributed by atoms with E-state index < -0.39 is 0 Å². The number of para-hydroxylation sites is 2. The maximum Gasteiger partial charge on any atom is 0.329 e. The number of imidazole rings is 1. The number of fused-ring (bicyclic) bond motifs is 1. The Morgan fingerprint density at radius 1 is 0.939 bits per heavy atom. The van der Waals surface area contributed by atoms with Crippen LogP contribution in [-0.4, -0.2) is 59.2 Å². The van der Waals surface area contributed by atoms with Crippen LogP contribution in [-0.2, 0) is 17.9 Å². The number of nitrogens with one attached hydrogen (secondary N) is 1. The summed E-state index contributed by atoms with van der Waals surface area (Å²) >= 11 is 0. The molecule has 0 bridgehead atoms. The first-order valence-electron chi connectivity index (χ1n) is 12.1. The Morgan fingerprint density at radius 3 is 2.36 bits per heavy atom. The monoisotopic (exact) mass is 449 g/mol. The van der Waals surface area contributed by atoms with Crippen molar-refractivity contribution < 1.29 is 4.79 Å². The zero-order valence-corrected chi connectivity index (χ0v) is 19.8. The van der Waals surface area contributed by atoms with E-state index in [-0.39, 0.29) is 11.6 Å². The maximum absolute atomic E-state index is 12.7. The number of hydrogen-bond acceptors (Lipinski definition) is 4. The van der Waals surface area contributed by atoms with Crippen LogP contribution in [0, 0.1) is 6.92 Å². The van der Waals surface area contributed by atoms with E-state index in [0.29, 0.717) is 26.1 Å². The van der Waals surface area contributed by atoms with Crippen LogP contribution in [0.4, 0.5) is 5.69 Å². The fourth-order valence-corrected chi connectivity index (χ4v) is 4.68. The Morgan fingerprint density at radius 2 is 1.67 bits per heavy atom. The van der Waals surface area contributed by atoms with Crippen LogP contribution >= 0.6 is 0 Å². The number of aromatic nitrogens is 2. The molecule has 1 fully saturated rings. The quantitative estimate of drug-likeness (QED) is 0.511. The Hall–Kier alpha value is -3.06. The Bertz CT molecular complexity index is 1140. The van der Waals surface area contributed by atoms with E-state index >= 15 is 0 Å². The molecular weight excluding hydrogens is 414 g/mol. The second-order valence-corrected chi connectivity index (χ2v) is 8.79. The van der Waals surface area contributed by atoms with Gasteiger partial charge in [0.15, 0.2) is 0 Å². The van der Waals surface area contributed by atoms with Crippen LogP contribution in [0.5, 0.6) is 0 Å². The van der Waals surface area contributed by atoms with Crippen molar-refractivity contribution in [2.45, 2.75) is 39.8 Å². The Kier molecular flexibility index (Phi) is 7.50. The highest BCUT2D eigenvalue weighted by atomic mass is 16.2. The molecule has 7 heteroatoms. The van der Waals surface area contributed by atoms with Crippen LogP contribution in [0.2, 0.25) is 0 Å². The molecule has 1 aromatic heterocycles. The lowest BCUT2D eigenvalue weighted by Crippen LogP contribution is -2.47. The van der Waals surface area contributed by atoms with Gasteiger partial charge in [-0.3, -0.25) is 18.8 Å². The molecule has 0 unspecified atom stereocenters. The number of hydrogen-bond donors (Lipinski definition) is 1. The van der Waals surface area contributed by atoms with Gasteiger partial charge in [-0.2, -0.15) is 0 Å². The molecule has 0 spiro atoms. The predicted octanol–water partition coefficient (Wildman–Crippen LogP) is 2.85. The van der Waals surface area contributed by atoms with Crippen molar-refractivity contribution in [2.24, 2.45) is 0 Å². The number of anilines is 1. The van der Waals surface area contributed by atoms with E-state index in [1.54, 1.807) is 9.13 Å². The highest BCUT2D eigenvalue weighted by molar-refractivity contribution is 5.78. The molecule has 3 aromatic rings. The number of aryl methyl sites for hydroxylation is 3. The first-order chi connectivity index (χ1) is 16.1. The highest BCUT2D eigenvalue weighted by Gasteiger charge is 2.17. The molecule has 4 rings (SSSR count). The summed E-state index contributed by atoms with van der Waals surface area (Å²) in [5.41, 5.74) is 4.38. The second kappa shape index (κ2) is 10.7. The second-order valence-electron chi connectivity index (χ2n) is 8.79. The predicted molar refractivity (Wildman–Crippen MR) is 134 cm³/mol. The molecule has 2 heterocycles. The molecule has 0 atom stereocenters. The standard InChI is InChI=1S/C26H35N5O2/c1-3-30-23-10-4-5-11-24(23)31(26(30)33)15-12-25(32)27-13-7-14-28-16-18-29(19-17-28)22-9-6-8-21(2)20-22/h4-6,8-11,20H,3,7,12-19H2,1-2H3,(H,27,32). The summed E-state index contributed by atoms with van der Waals surface area (Å²) < 4.78 is 3.47. The maximum atomic E-state index is 12.7. The minimum Gasteiger partial charge on any atom is -0.369 e. The average molecular weight is 450 g/mol. The number of rotatable bonds is 9. The zero-order chi connectivity index (χ0) is 23.2. The van der Waals surface area contributed by atoms with Crippen LogP contribution < -0.4 is 15.9 Å². The number of piperazine rings is 1. The van der Waals surface area contributed by atoms with E-state index in [0.717, 1.165) is 50.2 Å². The van der Waals surface area contributed by atoms with E-state index in [1.807, 2.05) is 31.2 Å². The van der Waals surface area contributed by atoms with Gasteiger partial charge in [-0.15, -0.1) is 0 Å². The van der Waals surface area contributed by atoms with Gasteiger partial charge in [-0.05, 0) is 56.6 Å². The summed E-state index contributed by atoms with van der Waals surface area (Å²) in [6, 6.07) is 16.5. The largest absolute Gasteiger partial charge is 0.369 e. The fourth-order valence-electron chi connectivity index (χ4n) is 4.68. The van der Waals surface area contributed by atoms with Gasteiger partial charge in [0.05, 0.1) is 11.0 Å². The molecule has 0 radical (unpaired) electrons. The molecule has 1 aliphatic rings. The summed E-state index contributed by atoms with van der Waals surface area (Å²) in [6.07, 6.45) is 1.25. The van der Waals surface area contributed by atoms with Crippen molar-refractivity contribution >= 4 is 22.6 Å². The smallest absolute Gasteiger partial charge is 0.329 e. The van der Waals surface area contributed by atoms with Gasteiger partial charge < -0.3 is 10.2 Å². The molecule has 2 aromatic carbocycles. The van der Waals surface area contributed by atoms with Crippen LogP contribution in [0.1, 0.15) is 25.3 Å². The van der Waals surface area contributed by atoms with Crippen LogP contribution in [0.15, 0.2) is 53.3 Å². The number of benzene rings is 2. The summed E-state index contributed by atoms with van der Waals surface area (Å²) in [4.78, 5) is 30.0. The molecule has 1 amide bonds. The van der Waals surface area contributed by atoms with Gasteiger partial charge in [-0.25, -0.2) is 4.79 Å². The van der Waals surface area contributed by atoms with E-state index in [2.05, 4.69) is 46.3 Å². The van der Waals surface area contributed by atoms with Crippen molar-refractivity contribution in [3.8, 4) is 0 Å². The van der Waals surface area contributed by atoms with Crippen molar-refractivity contribution in [2.75, 3.05) is 44.2 Å². The molecule has 1 N–H and O–H groups in total. The number of amides is 1. The lowest BCUT2D eigenvalue weighted by atomic mass is 10.2. The number of carbonyl (C=O) groups is 1. The SMILES string of the molecule is CCn1c(=O)n(CCC(=O)NCCCN2CCN(c3cccc(C)c3)CC2)c2ccccc21. The Balaban J connectivity index is 1.17. The van der Waals surface area contributed by atoms with Gasteiger partial charge in [0.25, 0.3) is 0 Å². The third-order valence-corrected chi connectivity index (χ3v) is 6.52. The van der Waals surface area contributed by atoms with Gasteiger partial charge in [-0.1, -0.05) is 24.3 Å². The minimum absolute atomic E-state index is 0.000466. The highest BCUT2D eigenvalue weighted by Crippen LogP contribution is 2.18. The van der Waals surface area contributed by atoms with Crippen molar-refractivity contribution in [3.63, 3.8) is 0 Å². The first-order valence-corrected chi connectivity index (χ1v) is 12.1. The lowest BCUT2D eigenvalue weighted by molar-refractivity contribution is -0.121. The summed E-state index contributed by atoms with van der Waals surface area (Å²) in [5, 5.41) is 3.02.